The van der Waals surface area contributed by atoms with Crippen LogP contribution in [0.4, 0.5) is 0 Å². The van der Waals surface area contributed by atoms with Crippen LogP contribution in [-0.2, 0) is 9.53 Å². The highest BCUT2D eigenvalue weighted by Gasteiger charge is 2.05. The summed E-state index contributed by atoms with van der Waals surface area (Å²) in [4.78, 5) is 20.5. The molecule has 0 aliphatic carbocycles. The fourth-order valence-electron chi connectivity index (χ4n) is 0.963. The predicted molar refractivity (Wildman–Crippen MR) is 51.6 cm³/mol. The van der Waals surface area contributed by atoms with E-state index in [1.54, 1.807) is 0 Å². The Balaban J connectivity index is 3.24. The van der Waals surface area contributed by atoms with Crippen LogP contribution < -0.4 is 0 Å². The van der Waals surface area contributed by atoms with E-state index in [2.05, 4.69) is 6.92 Å². The minimum Gasteiger partial charge on any atom is -0.466 e. The van der Waals surface area contributed by atoms with Crippen LogP contribution in [0, 0.1) is 10.1 Å². The lowest BCUT2D eigenvalue weighted by Gasteiger charge is -2.02. The van der Waals surface area contributed by atoms with E-state index in [0.717, 1.165) is 19.3 Å². The average molecular weight is 203 g/mol. The van der Waals surface area contributed by atoms with Crippen molar-refractivity contribution in [2.75, 3.05) is 13.2 Å². The van der Waals surface area contributed by atoms with E-state index in [1.165, 1.54) is 0 Å². The van der Waals surface area contributed by atoms with E-state index >= 15 is 0 Å². The van der Waals surface area contributed by atoms with Crippen molar-refractivity contribution in [3.63, 3.8) is 0 Å². The zero-order chi connectivity index (χ0) is 10.8. The molecule has 0 rings (SSSR count). The van der Waals surface area contributed by atoms with Crippen molar-refractivity contribution < 1.29 is 14.5 Å². The highest BCUT2D eigenvalue weighted by atomic mass is 16.6. The Morgan fingerprint density at radius 2 is 2.07 bits per heavy atom. The lowest BCUT2D eigenvalue weighted by Crippen LogP contribution is -2.09. The van der Waals surface area contributed by atoms with Crippen molar-refractivity contribution in [2.45, 2.75) is 39.0 Å². The van der Waals surface area contributed by atoms with Crippen molar-refractivity contribution >= 4 is 5.97 Å². The van der Waals surface area contributed by atoms with Gasteiger partial charge in [0.15, 0.2) is 0 Å². The highest BCUT2D eigenvalue weighted by molar-refractivity contribution is 5.69. The van der Waals surface area contributed by atoms with Crippen molar-refractivity contribution in [1.82, 2.24) is 0 Å². The first-order chi connectivity index (χ1) is 6.66. The second-order valence-electron chi connectivity index (χ2n) is 3.09. The van der Waals surface area contributed by atoms with Gasteiger partial charge in [0.2, 0.25) is 6.54 Å². The topological polar surface area (TPSA) is 69.4 Å². The Morgan fingerprint density at radius 1 is 1.36 bits per heavy atom. The average Bonchev–Trinajstić information content (AvgIpc) is 2.12. The second kappa shape index (κ2) is 8.47. The number of nitro groups is 1. The van der Waals surface area contributed by atoms with Gasteiger partial charge in [0.05, 0.1) is 13.0 Å². The van der Waals surface area contributed by atoms with E-state index in [4.69, 9.17) is 4.74 Å². The molecule has 5 nitrogen and oxygen atoms in total. The van der Waals surface area contributed by atoms with Gasteiger partial charge in [-0.25, -0.2) is 0 Å². The van der Waals surface area contributed by atoms with Gasteiger partial charge in [-0.15, -0.1) is 0 Å². The molecule has 82 valence electrons. The molecule has 0 unspecified atom stereocenters. The molecule has 0 bridgehead atoms. The Hall–Kier alpha value is -1.13. The van der Waals surface area contributed by atoms with E-state index in [0.29, 0.717) is 6.61 Å². The summed E-state index contributed by atoms with van der Waals surface area (Å²) in [7, 11) is 0. The minimum atomic E-state index is -0.426. The Bertz CT molecular complexity index is 182. The van der Waals surface area contributed by atoms with Crippen molar-refractivity contribution in [3.8, 4) is 0 Å². The van der Waals surface area contributed by atoms with Gasteiger partial charge >= 0.3 is 5.97 Å². The number of hydrogen-bond acceptors (Lipinski definition) is 4. The molecule has 0 aromatic heterocycles. The predicted octanol–water partition coefficient (Wildman–Crippen LogP) is 1.78. The minimum absolute atomic E-state index is 0.146. The third-order valence-electron chi connectivity index (χ3n) is 1.73. The molecule has 0 amide bonds. The largest absolute Gasteiger partial charge is 0.466 e. The maximum absolute atomic E-state index is 10.9. The first kappa shape index (κ1) is 12.9. The van der Waals surface area contributed by atoms with Crippen molar-refractivity contribution in [1.29, 1.82) is 0 Å². The third-order valence-corrected chi connectivity index (χ3v) is 1.73. The summed E-state index contributed by atoms with van der Waals surface area (Å²) >= 11 is 0. The fourth-order valence-corrected chi connectivity index (χ4v) is 0.963. The lowest BCUT2D eigenvalue weighted by atomic mass is 10.3. The van der Waals surface area contributed by atoms with Gasteiger partial charge in [-0.1, -0.05) is 19.8 Å². The first-order valence-corrected chi connectivity index (χ1v) is 4.94. The normalized spacial score (nSPS) is 9.79. The molecule has 0 radical (unpaired) electrons. The molecule has 0 aliphatic rings. The van der Waals surface area contributed by atoms with Gasteiger partial charge in [0.25, 0.3) is 0 Å². The Kier molecular flexibility index (Phi) is 7.78. The summed E-state index contributed by atoms with van der Waals surface area (Å²) in [5, 5.41) is 9.93. The van der Waals surface area contributed by atoms with E-state index in [1.807, 2.05) is 0 Å². The number of esters is 1. The second-order valence-corrected chi connectivity index (χ2v) is 3.09. The molecule has 14 heavy (non-hydrogen) atoms. The number of nitrogens with zero attached hydrogens (tertiary/aromatic N) is 1. The fraction of sp³-hybridized carbons (Fsp3) is 0.889. The van der Waals surface area contributed by atoms with Crippen molar-refractivity contribution in [2.24, 2.45) is 0 Å². The summed E-state index contributed by atoms with van der Waals surface area (Å²) < 4.78 is 4.86. The summed E-state index contributed by atoms with van der Waals surface area (Å²) in [6, 6.07) is 0. The molecule has 0 saturated heterocycles. The quantitative estimate of drug-likeness (QED) is 0.261. The maximum atomic E-state index is 10.9. The van der Waals surface area contributed by atoms with Crippen molar-refractivity contribution in [3.05, 3.63) is 10.1 Å². The highest BCUT2D eigenvalue weighted by Crippen LogP contribution is 1.97. The van der Waals surface area contributed by atoms with Gasteiger partial charge in [0.1, 0.15) is 0 Å². The molecular formula is C9H17NO4. The molecule has 0 atom stereocenters. The lowest BCUT2D eigenvalue weighted by molar-refractivity contribution is -0.480. The molecule has 0 heterocycles. The number of hydrogen-bond donors (Lipinski definition) is 0. The number of unbranched alkanes of at least 4 members (excludes halogenated alkanes) is 2. The SMILES string of the molecule is CCCCCOC(=O)CCC[N+](=O)[O-]. The van der Waals surface area contributed by atoms with Gasteiger partial charge in [-0.2, -0.15) is 0 Å². The number of carbonyl (C=O) groups excluding carboxylic acids is 1. The Morgan fingerprint density at radius 3 is 2.64 bits per heavy atom. The van der Waals surface area contributed by atoms with Crippen LogP contribution in [0.15, 0.2) is 0 Å². The number of rotatable bonds is 8. The molecule has 5 heteroatoms. The molecule has 0 fully saturated rings. The monoisotopic (exact) mass is 203 g/mol. The van der Waals surface area contributed by atoms with Gasteiger partial charge in [-0.05, 0) is 6.42 Å². The van der Waals surface area contributed by atoms with Crippen LogP contribution in [0.25, 0.3) is 0 Å². The smallest absolute Gasteiger partial charge is 0.306 e. The molecule has 0 saturated carbocycles. The maximum Gasteiger partial charge on any atom is 0.306 e. The molecule has 0 aliphatic heterocycles. The van der Waals surface area contributed by atoms with Gasteiger partial charge in [0, 0.05) is 11.3 Å². The summed E-state index contributed by atoms with van der Waals surface area (Å²) in [6.07, 6.45) is 3.41. The molecule has 0 spiro atoms. The molecule has 0 aromatic carbocycles. The molecular weight excluding hydrogens is 186 g/mol. The molecule has 0 aromatic rings. The Labute approximate surface area is 83.6 Å². The number of ether oxygens (including phenoxy) is 1. The van der Waals surface area contributed by atoms with Gasteiger partial charge in [-0.3, -0.25) is 14.9 Å². The van der Waals surface area contributed by atoms with E-state index in [9.17, 15) is 14.9 Å². The number of carbonyl (C=O) groups is 1. The molecule has 0 N–H and O–H groups in total. The zero-order valence-corrected chi connectivity index (χ0v) is 8.53. The van der Waals surface area contributed by atoms with Crippen LogP contribution in [0.2, 0.25) is 0 Å². The van der Waals surface area contributed by atoms with Gasteiger partial charge < -0.3 is 4.74 Å². The standard InChI is InChI=1S/C9H17NO4/c1-2-3-4-8-14-9(11)6-5-7-10(12)13/h2-8H2,1H3. The zero-order valence-electron chi connectivity index (χ0n) is 8.53. The van der Waals surface area contributed by atoms with Crippen LogP contribution in [0.5, 0.6) is 0 Å². The first-order valence-electron chi connectivity index (χ1n) is 4.94. The summed E-state index contributed by atoms with van der Waals surface area (Å²) in [6.45, 7) is 2.34. The van der Waals surface area contributed by atoms with Crippen LogP contribution in [0.3, 0.4) is 0 Å². The summed E-state index contributed by atoms with van der Waals surface area (Å²) in [5.74, 6) is -0.331. The van der Waals surface area contributed by atoms with E-state index < -0.39 is 4.92 Å². The van der Waals surface area contributed by atoms with E-state index in [-0.39, 0.29) is 25.4 Å². The van der Waals surface area contributed by atoms with Crippen LogP contribution in [-0.4, -0.2) is 24.0 Å². The summed E-state index contributed by atoms with van der Waals surface area (Å²) in [5.41, 5.74) is 0. The van der Waals surface area contributed by atoms with Crippen LogP contribution >= 0.6 is 0 Å². The van der Waals surface area contributed by atoms with Crippen LogP contribution in [0.1, 0.15) is 39.0 Å². The third kappa shape index (κ3) is 8.96.